The van der Waals surface area contributed by atoms with Crippen molar-refractivity contribution in [1.82, 2.24) is 20.4 Å². The van der Waals surface area contributed by atoms with Crippen LogP contribution >= 0.6 is 0 Å². The Labute approximate surface area is 225 Å². The van der Waals surface area contributed by atoms with Crippen molar-refractivity contribution in [2.75, 3.05) is 13.1 Å². The lowest BCUT2D eigenvalue weighted by Crippen LogP contribution is -2.52. The van der Waals surface area contributed by atoms with Crippen LogP contribution in [0.4, 0.5) is 8.78 Å². The molecule has 0 bridgehead atoms. The van der Waals surface area contributed by atoms with Crippen molar-refractivity contribution in [3.63, 3.8) is 0 Å². The van der Waals surface area contributed by atoms with Gasteiger partial charge >= 0.3 is 0 Å². The maximum absolute atomic E-state index is 13.4. The van der Waals surface area contributed by atoms with E-state index in [1.165, 1.54) is 12.1 Å². The Bertz CT molecular complexity index is 1280. The van der Waals surface area contributed by atoms with Gasteiger partial charge in [-0.1, -0.05) is 12.1 Å². The second kappa shape index (κ2) is 11.6. The zero-order valence-corrected chi connectivity index (χ0v) is 21.7. The van der Waals surface area contributed by atoms with E-state index < -0.39 is 23.6 Å². The summed E-state index contributed by atoms with van der Waals surface area (Å²) in [5.41, 5.74) is 3.02. The van der Waals surface area contributed by atoms with Crippen molar-refractivity contribution in [2.45, 2.75) is 70.1 Å². The molecule has 8 nitrogen and oxygen atoms in total. The summed E-state index contributed by atoms with van der Waals surface area (Å²) in [6.07, 6.45) is 4.73. The molecular weight excluding hydrogens is 506 g/mol. The average Bonchev–Trinajstić information content (AvgIpc) is 3.50. The van der Waals surface area contributed by atoms with E-state index in [4.69, 9.17) is 0 Å². The first kappa shape index (κ1) is 26.9. The van der Waals surface area contributed by atoms with E-state index in [1.54, 1.807) is 11.0 Å². The number of rotatable bonds is 9. The molecule has 2 saturated heterocycles. The zero-order valence-electron chi connectivity index (χ0n) is 21.7. The summed E-state index contributed by atoms with van der Waals surface area (Å²) in [6, 6.07) is 8.02. The van der Waals surface area contributed by atoms with Crippen molar-refractivity contribution < 1.29 is 28.0 Å². The molecule has 2 aromatic rings. The number of nitrogens with zero attached hydrogens (tertiary/aromatic N) is 2. The minimum Gasteiger partial charge on any atom is -0.351 e. The first-order valence-electron chi connectivity index (χ1n) is 13.5. The summed E-state index contributed by atoms with van der Waals surface area (Å²) >= 11 is 0. The van der Waals surface area contributed by atoms with Gasteiger partial charge in [-0.3, -0.25) is 29.4 Å². The van der Waals surface area contributed by atoms with Crippen LogP contribution in [-0.4, -0.2) is 58.6 Å². The monoisotopic (exact) mass is 538 g/mol. The Morgan fingerprint density at radius 3 is 2.62 bits per heavy atom. The minimum absolute atomic E-state index is 0.0749. The largest absolute Gasteiger partial charge is 0.351 e. The summed E-state index contributed by atoms with van der Waals surface area (Å²) < 4.78 is 26.9. The number of halogens is 2. The zero-order chi connectivity index (χ0) is 27.5. The van der Waals surface area contributed by atoms with Crippen LogP contribution in [0.25, 0.3) is 0 Å². The normalized spacial score (nSPS) is 21.3. The standard InChI is InChI=1S/C29H32F2N4O4/c30-20-13-18(14-21(31)15-20)16-32-27(37)24-8-4-12-34(24)11-2-1-5-19-6-3-7-22-23(19)17-35(29(22)39)25-9-10-26(36)33-28(25)38/h3,6-7,13-15,24-25H,1-2,4-5,8-12,16-17H2,(H,32,37)(H,33,36,38). The Balaban J connectivity index is 1.12. The number of fused-ring (bicyclic) bond motifs is 1. The molecule has 5 rings (SSSR count). The highest BCUT2D eigenvalue weighted by atomic mass is 19.1. The van der Waals surface area contributed by atoms with Crippen LogP contribution < -0.4 is 10.6 Å². The van der Waals surface area contributed by atoms with Gasteiger partial charge in [-0.05, 0) is 86.5 Å². The Hall–Kier alpha value is -3.66. The van der Waals surface area contributed by atoms with E-state index in [0.717, 1.165) is 62.4 Å². The fraction of sp³-hybridized carbons (Fsp3) is 0.448. The van der Waals surface area contributed by atoms with Crippen LogP contribution in [0.2, 0.25) is 0 Å². The molecule has 3 heterocycles. The lowest BCUT2D eigenvalue weighted by atomic mass is 9.98. The molecule has 3 aliphatic heterocycles. The van der Waals surface area contributed by atoms with E-state index in [-0.39, 0.29) is 36.7 Å². The fourth-order valence-electron chi connectivity index (χ4n) is 5.93. The molecule has 3 aliphatic rings. The van der Waals surface area contributed by atoms with E-state index in [2.05, 4.69) is 15.5 Å². The van der Waals surface area contributed by atoms with Gasteiger partial charge in [0.1, 0.15) is 17.7 Å². The number of hydrogen-bond acceptors (Lipinski definition) is 5. The van der Waals surface area contributed by atoms with Gasteiger partial charge in [0.15, 0.2) is 0 Å². The van der Waals surface area contributed by atoms with E-state index in [9.17, 15) is 28.0 Å². The van der Waals surface area contributed by atoms with Crippen molar-refractivity contribution in [2.24, 2.45) is 0 Å². The predicted molar refractivity (Wildman–Crippen MR) is 138 cm³/mol. The predicted octanol–water partition coefficient (Wildman–Crippen LogP) is 2.83. The molecule has 206 valence electrons. The highest BCUT2D eigenvalue weighted by molar-refractivity contribution is 6.05. The third-order valence-electron chi connectivity index (χ3n) is 7.88. The third-order valence-corrected chi connectivity index (χ3v) is 7.88. The first-order chi connectivity index (χ1) is 18.8. The van der Waals surface area contributed by atoms with Crippen LogP contribution in [0, 0.1) is 11.6 Å². The van der Waals surface area contributed by atoms with Gasteiger partial charge in [-0.2, -0.15) is 0 Å². The molecule has 2 unspecified atom stereocenters. The number of carbonyl (C=O) groups excluding carboxylic acids is 4. The number of nitrogens with one attached hydrogen (secondary N) is 2. The molecule has 10 heteroatoms. The number of carbonyl (C=O) groups is 4. The highest BCUT2D eigenvalue weighted by Gasteiger charge is 2.39. The number of likely N-dealkylation sites (tertiary alicyclic amines) is 1. The van der Waals surface area contributed by atoms with Crippen LogP contribution in [-0.2, 0) is 33.9 Å². The molecule has 2 N–H and O–H groups in total. The molecule has 0 radical (unpaired) electrons. The molecule has 0 spiro atoms. The molecule has 2 fully saturated rings. The van der Waals surface area contributed by atoms with Gasteiger partial charge < -0.3 is 10.2 Å². The summed E-state index contributed by atoms with van der Waals surface area (Å²) in [5.74, 6) is -2.36. The van der Waals surface area contributed by atoms with Gasteiger partial charge in [0.25, 0.3) is 5.91 Å². The van der Waals surface area contributed by atoms with Crippen LogP contribution in [0.1, 0.15) is 65.6 Å². The SMILES string of the molecule is O=C1CCC(N2Cc3c(CCCCN4CCCC4C(=O)NCc4cc(F)cc(F)c4)cccc3C2=O)C(=O)N1. The van der Waals surface area contributed by atoms with Gasteiger partial charge in [0.05, 0.1) is 6.04 Å². The van der Waals surface area contributed by atoms with Crippen molar-refractivity contribution in [3.05, 3.63) is 70.3 Å². The quantitative estimate of drug-likeness (QED) is 0.378. The number of unbranched alkanes of at least 4 members (excludes halogenated alkanes) is 1. The summed E-state index contributed by atoms with van der Waals surface area (Å²) in [4.78, 5) is 53.4. The lowest BCUT2D eigenvalue weighted by Gasteiger charge is -2.29. The first-order valence-corrected chi connectivity index (χ1v) is 13.5. The highest BCUT2D eigenvalue weighted by Crippen LogP contribution is 2.30. The Kier molecular flexibility index (Phi) is 8.02. The molecule has 4 amide bonds. The number of aryl methyl sites for hydroxylation is 1. The van der Waals surface area contributed by atoms with Gasteiger partial charge in [-0.25, -0.2) is 8.78 Å². The van der Waals surface area contributed by atoms with Gasteiger partial charge in [0, 0.05) is 31.1 Å². The van der Waals surface area contributed by atoms with Crippen molar-refractivity contribution in [1.29, 1.82) is 0 Å². The molecule has 0 aliphatic carbocycles. The average molecular weight is 539 g/mol. The maximum atomic E-state index is 13.4. The van der Waals surface area contributed by atoms with Gasteiger partial charge in [-0.15, -0.1) is 0 Å². The Morgan fingerprint density at radius 1 is 1.05 bits per heavy atom. The molecule has 0 saturated carbocycles. The second-order valence-corrected chi connectivity index (χ2v) is 10.5. The molecule has 0 aromatic heterocycles. The number of benzene rings is 2. The summed E-state index contributed by atoms with van der Waals surface area (Å²) in [6.45, 7) is 2.01. The van der Waals surface area contributed by atoms with E-state index >= 15 is 0 Å². The summed E-state index contributed by atoms with van der Waals surface area (Å²) in [7, 11) is 0. The topological polar surface area (TPSA) is 98.8 Å². The maximum Gasteiger partial charge on any atom is 0.255 e. The molecule has 39 heavy (non-hydrogen) atoms. The van der Waals surface area contributed by atoms with Gasteiger partial charge in [0.2, 0.25) is 17.7 Å². The molecule has 2 aromatic carbocycles. The van der Waals surface area contributed by atoms with Crippen LogP contribution in [0.5, 0.6) is 0 Å². The van der Waals surface area contributed by atoms with E-state index in [1.807, 2.05) is 12.1 Å². The summed E-state index contributed by atoms with van der Waals surface area (Å²) in [5, 5.41) is 5.15. The van der Waals surface area contributed by atoms with E-state index in [0.29, 0.717) is 24.1 Å². The van der Waals surface area contributed by atoms with Crippen molar-refractivity contribution in [3.8, 4) is 0 Å². The van der Waals surface area contributed by atoms with Crippen LogP contribution in [0.3, 0.4) is 0 Å². The lowest BCUT2D eigenvalue weighted by molar-refractivity contribution is -0.137. The number of hydrogen-bond donors (Lipinski definition) is 2. The number of imide groups is 1. The molecular formula is C29H32F2N4O4. The Morgan fingerprint density at radius 2 is 1.85 bits per heavy atom. The number of amides is 4. The third kappa shape index (κ3) is 6.00. The fourth-order valence-corrected chi connectivity index (χ4v) is 5.93. The minimum atomic E-state index is -0.668. The van der Waals surface area contributed by atoms with Crippen LogP contribution in [0.15, 0.2) is 36.4 Å². The smallest absolute Gasteiger partial charge is 0.255 e. The van der Waals surface area contributed by atoms with Crippen molar-refractivity contribution >= 4 is 23.6 Å². The second-order valence-electron chi connectivity index (χ2n) is 10.5. The number of piperidine rings is 1. The molecule has 2 atom stereocenters.